The second kappa shape index (κ2) is 8.35. The van der Waals surface area contributed by atoms with Crippen molar-refractivity contribution in [2.75, 3.05) is 5.75 Å². The van der Waals surface area contributed by atoms with Crippen LogP contribution in [0.15, 0.2) is 53.9 Å². The van der Waals surface area contributed by atoms with Crippen molar-refractivity contribution in [3.63, 3.8) is 0 Å². The van der Waals surface area contributed by atoms with Gasteiger partial charge in [-0.15, -0.1) is 10.2 Å². The Labute approximate surface area is 162 Å². The zero-order valence-electron chi connectivity index (χ0n) is 15.4. The van der Waals surface area contributed by atoms with Gasteiger partial charge in [-0.05, 0) is 50.1 Å². The fraction of sp³-hybridized carbons (Fsp3) is 0.250. The molecular formula is C20H21FN4OS. The second-order valence-electron chi connectivity index (χ2n) is 6.35. The zero-order chi connectivity index (χ0) is 19.4. The van der Waals surface area contributed by atoms with E-state index in [1.54, 1.807) is 31.5 Å². The first kappa shape index (κ1) is 19.1. The van der Waals surface area contributed by atoms with Crippen LogP contribution in [0.1, 0.15) is 29.7 Å². The molecule has 3 rings (SSSR count). The Morgan fingerprint density at radius 3 is 2.74 bits per heavy atom. The highest BCUT2D eigenvalue weighted by molar-refractivity contribution is 7.99. The van der Waals surface area contributed by atoms with Gasteiger partial charge in [0.1, 0.15) is 12.1 Å². The van der Waals surface area contributed by atoms with Gasteiger partial charge in [-0.1, -0.05) is 36.0 Å². The van der Waals surface area contributed by atoms with Gasteiger partial charge in [0.25, 0.3) is 0 Å². The summed E-state index contributed by atoms with van der Waals surface area (Å²) in [6, 6.07) is 12.1. The Morgan fingerprint density at radius 1 is 1.22 bits per heavy atom. The predicted molar refractivity (Wildman–Crippen MR) is 105 cm³/mol. The maximum atomic E-state index is 13.8. The normalized spacial score (nSPS) is 12.0. The Kier molecular flexibility index (Phi) is 5.91. The maximum Gasteiger partial charge on any atom is 0.230 e. The summed E-state index contributed by atoms with van der Waals surface area (Å²) in [6.45, 7) is 5.87. The van der Waals surface area contributed by atoms with Crippen molar-refractivity contribution < 1.29 is 9.18 Å². The third kappa shape index (κ3) is 4.54. The molecule has 5 nitrogen and oxygen atoms in total. The van der Waals surface area contributed by atoms with Gasteiger partial charge in [-0.3, -0.25) is 9.36 Å². The van der Waals surface area contributed by atoms with Gasteiger partial charge in [-0.25, -0.2) is 4.39 Å². The first-order chi connectivity index (χ1) is 13.0. The largest absolute Gasteiger partial charge is 0.349 e. The smallest absolute Gasteiger partial charge is 0.230 e. The highest BCUT2D eigenvalue weighted by Crippen LogP contribution is 2.22. The van der Waals surface area contributed by atoms with Crippen LogP contribution in [0.4, 0.5) is 4.39 Å². The number of carbonyl (C=O) groups excluding carboxylic acids is 1. The fourth-order valence-electron chi connectivity index (χ4n) is 2.69. The Morgan fingerprint density at radius 2 is 2.00 bits per heavy atom. The fourth-order valence-corrected chi connectivity index (χ4v) is 3.43. The summed E-state index contributed by atoms with van der Waals surface area (Å²) in [7, 11) is 0. The number of nitrogens with one attached hydrogen (secondary N) is 1. The predicted octanol–water partition coefficient (Wildman–Crippen LogP) is 3.99. The lowest BCUT2D eigenvalue weighted by Gasteiger charge is -2.15. The molecule has 0 bridgehead atoms. The van der Waals surface area contributed by atoms with Crippen LogP contribution in [-0.4, -0.2) is 26.4 Å². The van der Waals surface area contributed by atoms with Crippen molar-refractivity contribution in [3.8, 4) is 5.69 Å². The molecule has 0 aliphatic rings. The van der Waals surface area contributed by atoms with E-state index in [1.165, 1.54) is 29.0 Å². The van der Waals surface area contributed by atoms with E-state index < -0.39 is 6.04 Å². The molecule has 1 heterocycles. The number of aromatic nitrogens is 3. The molecule has 0 fully saturated rings. The molecule has 0 saturated carbocycles. The second-order valence-corrected chi connectivity index (χ2v) is 7.29. The number of hydrogen-bond acceptors (Lipinski definition) is 4. The van der Waals surface area contributed by atoms with Gasteiger partial charge < -0.3 is 5.32 Å². The van der Waals surface area contributed by atoms with Crippen molar-refractivity contribution in [1.29, 1.82) is 0 Å². The molecule has 140 valence electrons. The molecule has 0 aliphatic carbocycles. The lowest BCUT2D eigenvalue weighted by atomic mass is 10.1. The van der Waals surface area contributed by atoms with E-state index in [4.69, 9.17) is 0 Å². The molecule has 1 unspecified atom stereocenters. The van der Waals surface area contributed by atoms with E-state index in [0.29, 0.717) is 10.7 Å². The number of rotatable bonds is 6. The molecular weight excluding hydrogens is 363 g/mol. The quantitative estimate of drug-likeness (QED) is 0.653. The molecule has 0 spiro atoms. The van der Waals surface area contributed by atoms with E-state index in [1.807, 2.05) is 23.6 Å². The van der Waals surface area contributed by atoms with Gasteiger partial charge in [0.2, 0.25) is 5.91 Å². The first-order valence-corrected chi connectivity index (χ1v) is 9.58. The van der Waals surface area contributed by atoms with E-state index >= 15 is 0 Å². The Bertz CT molecular complexity index is 957. The van der Waals surface area contributed by atoms with Crippen LogP contribution in [0.5, 0.6) is 0 Å². The molecule has 1 amide bonds. The van der Waals surface area contributed by atoms with Crippen LogP contribution >= 0.6 is 11.8 Å². The van der Waals surface area contributed by atoms with Crippen LogP contribution in [0.2, 0.25) is 0 Å². The zero-order valence-corrected chi connectivity index (χ0v) is 16.3. The van der Waals surface area contributed by atoms with Gasteiger partial charge in [0.05, 0.1) is 11.8 Å². The highest BCUT2D eigenvalue weighted by Gasteiger charge is 2.15. The molecule has 2 aromatic carbocycles. The van der Waals surface area contributed by atoms with Crippen LogP contribution in [0, 0.1) is 19.7 Å². The number of amides is 1. The number of carbonyl (C=O) groups is 1. The van der Waals surface area contributed by atoms with Crippen LogP contribution < -0.4 is 5.32 Å². The number of benzene rings is 2. The summed E-state index contributed by atoms with van der Waals surface area (Å²) in [5.74, 6) is -0.347. The minimum Gasteiger partial charge on any atom is -0.349 e. The number of nitrogens with zero attached hydrogens (tertiary/aromatic N) is 3. The minimum atomic E-state index is -0.406. The summed E-state index contributed by atoms with van der Waals surface area (Å²) < 4.78 is 15.7. The summed E-state index contributed by atoms with van der Waals surface area (Å²) in [5.41, 5.74) is 3.80. The topological polar surface area (TPSA) is 59.8 Å². The van der Waals surface area contributed by atoms with Crippen molar-refractivity contribution in [2.45, 2.75) is 32.0 Å². The first-order valence-electron chi connectivity index (χ1n) is 8.60. The molecule has 0 aliphatic heterocycles. The van der Waals surface area contributed by atoms with E-state index in [0.717, 1.165) is 5.69 Å². The number of hydrogen-bond donors (Lipinski definition) is 1. The summed E-state index contributed by atoms with van der Waals surface area (Å²) in [6.07, 6.45) is 1.63. The van der Waals surface area contributed by atoms with Crippen LogP contribution in [-0.2, 0) is 4.79 Å². The lowest BCUT2D eigenvalue weighted by molar-refractivity contribution is -0.119. The monoisotopic (exact) mass is 384 g/mol. The standard InChI is InChI=1S/C20H21FN4OS/c1-13-8-9-16(10-14(13)2)25-12-22-24-20(25)27-11-19(26)23-15(3)17-6-4-5-7-18(17)21/h4-10,12,15H,11H2,1-3H3,(H,23,26). The molecule has 0 saturated heterocycles. The van der Waals surface area contributed by atoms with Crippen molar-refractivity contribution in [3.05, 3.63) is 71.3 Å². The lowest BCUT2D eigenvalue weighted by Crippen LogP contribution is -2.28. The van der Waals surface area contributed by atoms with Gasteiger partial charge in [0.15, 0.2) is 5.16 Å². The molecule has 7 heteroatoms. The summed E-state index contributed by atoms with van der Waals surface area (Å²) in [4.78, 5) is 12.3. The van der Waals surface area contributed by atoms with Crippen LogP contribution in [0.25, 0.3) is 5.69 Å². The van der Waals surface area contributed by atoms with E-state index in [2.05, 4.69) is 28.5 Å². The highest BCUT2D eigenvalue weighted by atomic mass is 32.2. The average Bonchev–Trinajstić information content (AvgIpc) is 3.11. The number of aryl methyl sites for hydroxylation is 2. The Balaban J connectivity index is 1.64. The third-order valence-electron chi connectivity index (χ3n) is 4.37. The summed E-state index contributed by atoms with van der Waals surface area (Å²) in [5, 5.41) is 11.5. The molecule has 3 aromatic rings. The number of thioether (sulfide) groups is 1. The van der Waals surface area contributed by atoms with Crippen molar-refractivity contribution in [1.82, 2.24) is 20.1 Å². The summed E-state index contributed by atoms with van der Waals surface area (Å²) >= 11 is 1.29. The molecule has 1 atom stereocenters. The van der Waals surface area contributed by atoms with Crippen LogP contribution in [0.3, 0.4) is 0 Å². The van der Waals surface area contributed by atoms with E-state index in [9.17, 15) is 9.18 Å². The average molecular weight is 384 g/mol. The van der Waals surface area contributed by atoms with Gasteiger partial charge >= 0.3 is 0 Å². The molecule has 1 N–H and O–H groups in total. The number of halogens is 1. The third-order valence-corrected chi connectivity index (χ3v) is 5.31. The van der Waals surface area contributed by atoms with E-state index in [-0.39, 0.29) is 17.5 Å². The molecule has 0 radical (unpaired) electrons. The van der Waals surface area contributed by atoms with Gasteiger partial charge in [-0.2, -0.15) is 0 Å². The molecule has 27 heavy (non-hydrogen) atoms. The Hall–Kier alpha value is -2.67. The van der Waals surface area contributed by atoms with Crippen molar-refractivity contribution >= 4 is 17.7 Å². The maximum absolute atomic E-state index is 13.8. The van der Waals surface area contributed by atoms with Gasteiger partial charge in [0, 0.05) is 11.3 Å². The molecule has 1 aromatic heterocycles. The SMILES string of the molecule is Cc1ccc(-n2cnnc2SCC(=O)NC(C)c2ccccc2F)cc1C. The van der Waals surface area contributed by atoms with Crippen molar-refractivity contribution in [2.24, 2.45) is 0 Å². The minimum absolute atomic E-state index is 0.169.